The lowest BCUT2D eigenvalue weighted by Crippen LogP contribution is -2.35. The third-order valence-corrected chi connectivity index (χ3v) is 4.57. The van der Waals surface area contributed by atoms with E-state index in [0.717, 1.165) is 24.8 Å². The molecule has 0 saturated heterocycles. The van der Waals surface area contributed by atoms with Crippen molar-refractivity contribution in [2.45, 2.75) is 31.2 Å². The summed E-state index contributed by atoms with van der Waals surface area (Å²) in [5, 5.41) is 3.21. The Morgan fingerprint density at radius 3 is 3.00 bits per heavy atom. The summed E-state index contributed by atoms with van der Waals surface area (Å²) < 4.78 is 5.52. The molecule has 2 heterocycles. The summed E-state index contributed by atoms with van der Waals surface area (Å²) in [6.45, 7) is 0.381. The number of carbonyl (C=O) groups excluding carboxylic acids is 1. The second-order valence-electron chi connectivity index (χ2n) is 5.91. The topological polar surface area (TPSA) is 51.2 Å². The third-order valence-electron chi connectivity index (χ3n) is 4.57. The number of pyridine rings is 1. The van der Waals surface area contributed by atoms with Crippen LogP contribution in [-0.2, 0) is 11.2 Å². The van der Waals surface area contributed by atoms with E-state index in [9.17, 15) is 4.79 Å². The Morgan fingerprint density at radius 2 is 2.05 bits per heavy atom. The van der Waals surface area contributed by atoms with E-state index in [-0.39, 0.29) is 17.9 Å². The van der Waals surface area contributed by atoms with Gasteiger partial charge in [-0.1, -0.05) is 30.3 Å². The summed E-state index contributed by atoms with van der Waals surface area (Å²) in [5.74, 6) is 0.373. The molecule has 1 aromatic heterocycles. The van der Waals surface area contributed by atoms with Gasteiger partial charge in [0.1, 0.15) is 12.5 Å². The zero-order valence-electron chi connectivity index (χ0n) is 12.3. The summed E-state index contributed by atoms with van der Waals surface area (Å²) in [4.78, 5) is 16.8. The van der Waals surface area contributed by atoms with Gasteiger partial charge < -0.3 is 10.1 Å². The van der Waals surface area contributed by atoms with E-state index < -0.39 is 0 Å². The molecule has 4 heteroatoms. The van der Waals surface area contributed by atoms with Crippen LogP contribution in [0, 0.1) is 0 Å². The normalized spacial score (nSPS) is 22.4. The number of benzene rings is 1. The fraction of sp³-hybridized carbons (Fsp3) is 0.333. The maximum atomic E-state index is 12.7. The molecule has 0 radical (unpaired) electrons. The van der Waals surface area contributed by atoms with Crippen molar-refractivity contribution in [2.24, 2.45) is 0 Å². The van der Waals surface area contributed by atoms with Crippen molar-refractivity contribution in [1.82, 2.24) is 10.3 Å². The predicted octanol–water partition coefficient (Wildman–Crippen LogP) is 2.75. The van der Waals surface area contributed by atoms with Gasteiger partial charge in [0, 0.05) is 11.8 Å². The van der Waals surface area contributed by atoms with Crippen LogP contribution in [0.3, 0.4) is 0 Å². The molecule has 1 aliphatic heterocycles. The van der Waals surface area contributed by atoms with Crippen LogP contribution in [0.2, 0.25) is 0 Å². The number of ether oxygens (including phenoxy) is 1. The number of aryl methyl sites for hydroxylation is 1. The number of hydrogen-bond donors (Lipinski definition) is 1. The Balaban J connectivity index is 1.54. The largest absolute Gasteiger partial charge is 0.476 e. The SMILES string of the molecule is O=C(N[C@@H]1CCCc2ccccc21)C1COc2ncccc21. The molecule has 22 heavy (non-hydrogen) atoms. The van der Waals surface area contributed by atoms with Crippen molar-refractivity contribution in [1.29, 1.82) is 0 Å². The fourth-order valence-corrected chi connectivity index (χ4v) is 3.43. The molecular formula is C18H18N2O2. The molecule has 0 bridgehead atoms. The smallest absolute Gasteiger partial charge is 0.231 e. The third kappa shape index (κ3) is 2.25. The number of rotatable bonds is 2. The first kappa shape index (κ1) is 13.3. The van der Waals surface area contributed by atoms with E-state index in [1.54, 1.807) is 6.20 Å². The zero-order valence-corrected chi connectivity index (χ0v) is 12.3. The standard InChI is InChI=1S/C18H18N2O2/c21-17(15-11-22-18-14(15)8-4-10-19-18)20-16-9-3-6-12-5-1-2-7-13(12)16/h1-2,4-5,7-8,10,15-16H,3,6,9,11H2,(H,20,21)/t15?,16-/m1/s1. The summed E-state index contributed by atoms with van der Waals surface area (Å²) in [6.07, 6.45) is 4.90. The van der Waals surface area contributed by atoms with Crippen LogP contribution in [0.5, 0.6) is 5.88 Å². The van der Waals surface area contributed by atoms with Gasteiger partial charge in [0.25, 0.3) is 0 Å². The van der Waals surface area contributed by atoms with Crippen molar-refractivity contribution >= 4 is 5.91 Å². The minimum absolute atomic E-state index is 0.0356. The highest BCUT2D eigenvalue weighted by Crippen LogP contribution is 2.34. The molecule has 4 rings (SSSR count). The van der Waals surface area contributed by atoms with E-state index >= 15 is 0 Å². The van der Waals surface area contributed by atoms with Crippen LogP contribution in [0.15, 0.2) is 42.6 Å². The van der Waals surface area contributed by atoms with E-state index in [1.165, 1.54) is 11.1 Å². The van der Waals surface area contributed by atoms with Gasteiger partial charge in [-0.05, 0) is 36.5 Å². The van der Waals surface area contributed by atoms with Crippen molar-refractivity contribution < 1.29 is 9.53 Å². The molecule has 1 aromatic carbocycles. The summed E-state index contributed by atoms with van der Waals surface area (Å²) in [7, 11) is 0. The van der Waals surface area contributed by atoms with Crippen LogP contribution in [-0.4, -0.2) is 17.5 Å². The highest BCUT2D eigenvalue weighted by Gasteiger charge is 2.33. The zero-order chi connectivity index (χ0) is 14.9. The van der Waals surface area contributed by atoms with Crippen LogP contribution in [0.25, 0.3) is 0 Å². The Bertz CT molecular complexity index is 714. The lowest BCUT2D eigenvalue weighted by atomic mass is 9.87. The average molecular weight is 294 g/mol. The molecular weight excluding hydrogens is 276 g/mol. The van der Waals surface area contributed by atoms with Crippen LogP contribution >= 0.6 is 0 Å². The molecule has 1 unspecified atom stereocenters. The van der Waals surface area contributed by atoms with Crippen molar-refractivity contribution in [2.75, 3.05) is 6.61 Å². The molecule has 4 nitrogen and oxygen atoms in total. The molecule has 0 fully saturated rings. The van der Waals surface area contributed by atoms with Crippen molar-refractivity contribution in [3.63, 3.8) is 0 Å². The van der Waals surface area contributed by atoms with Gasteiger partial charge in [-0.2, -0.15) is 0 Å². The second-order valence-corrected chi connectivity index (χ2v) is 5.91. The number of nitrogens with zero attached hydrogens (tertiary/aromatic N) is 1. The van der Waals surface area contributed by atoms with E-state index in [4.69, 9.17) is 4.74 Å². The molecule has 2 aromatic rings. The molecule has 112 valence electrons. The summed E-state index contributed by atoms with van der Waals surface area (Å²) >= 11 is 0. The number of amides is 1. The highest BCUT2D eigenvalue weighted by molar-refractivity contribution is 5.85. The first-order valence-corrected chi connectivity index (χ1v) is 7.79. The first-order valence-electron chi connectivity index (χ1n) is 7.79. The Kier molecular flexibility index (Phi) is 3.29. The fourth-order valence-electron chi connectivity index (χ4n) is 3.43. The summed E-state index contributed by atoms with van der Waals surface area (Å²) in [5.41, 5.74) is 3.50. The first-order chi connectivity index (χ1) is 10.8. The van der Waals surface area contributed by atoms with Gasteiger partial charge in [0.05, 0.1) is 6.04 Å². The number of fused-ring (bicyclic) bond motifs is 2. The minimum Gasteiger partial charge on any atom is -0.476 e. The van der Waals surface area contributed by atoms with Gasteiger partial charge in [-0.3, -0.25) is 4.79 Å². The Hall–Kier alpha value is -2.36. The van der Waals surface area contributed by atoms with Gasteiger partial charge in [0.2, 0.25) is 11.8 Å². The van der Waals surface area contributed by atoms with Gasteiger partial charge in [-0.15, -0.1) is 0 Å². The van der Waals surface area contributed by atoms with E-state index in [2.05, 4.69) is 28.5 Å². The van der Waals surface area contributed by atoms with Crippen LogP contribution in [0.4, 0.5) is 0 Å². The molecule has 0 spiro atoms. The highest BCUT2D eigenvalue weighted by atomic mass is 16.5. The Morgan fingerprint density at radius 1 is 1.18 bits per heavy atom. The predicted molar refractivity (Wildman–Crippen MR) is 82.7 cm³/mol. The summed E-state index contributed by atoms with van der Waals surface area (Å²) in [6, 6.07) is 12.3. The van der Waals surface area contributed by atoms with Gasteiger partial charge >= 0.3 is 0 Å². The van der Waals surface area contributed by atoms with Gasteiger partial charge in [0.15, 0.2) is 0 Å². The maximum Gasteiger partial charge on any atom is 0.231 e. The van der Waals surface area contributed by atoms with E-state index in [1.807, 2.05) is 18.2 Å². The van der Waals surface area contributed by atoms with E-state index in [0.29, 0.717) is 12.5 Å². The number of hydrogen-bond acceptors (Lipinski definition) is 3. The Labute approximate surface area is 129 Å². The number of nitrogens with one attached hydrogen (secondary N) is 1. The quantitative estimate of drug-likeness (QED) is 0.926. The molecule has 1 N–H and O–H groups in total. The molecule has 2 aliphatic rings. The molecule has 1 amide bonds. The lowest BCUT2D eigenvalue weighted by molar-refractivity contribution is -0.123. The number of aromatic nitrogens is 1. The van der Waals surface area contributed by atoms with Gasteiger partial charge in [-0.25, -0.2) is 4.98 Å². The molecule has 0 saturated carbocycles. The van der Waals surface area contributed by atoms with Crippen molar-refractivity contribution in [3.8, 4) is 5.88 Å². The lowest BCUT2D eigenvalue weighted by Gasteiger charge is -2.27. The second kappa shape index (κ2) is 5.44. The monoisotopic (exact) mass is 294 g/mol. The van der Waals surface area contributed by atoms with Crippen LogP contribution < -0.4 is 10.1 Å². The maximum absolute atomic E-state index is 12.7. The average Bonchev–Trinajstić information content (AvgIpc) is 2.99. The van der Waals surface area contributed by atoms with Crippen molar-refractivity contribution in [3.05, 3.63) is 59.3 Å². The molecule has 1 aliphatic carbocycles. The number of carbonyl (C=O) groups is 1. The van der Waals surface area contributed by atoms with Crippen LogP contribution in [0.1, 0.15) is 41.5 Å². The minimum atomic E-state index is -0.252. The molecule has 2 atom stereocenters.